The van der Waals surface area contributed by atoms with Gasteiger partial charge in [-0.3, -0.25) is 14.6 Å². The highest BCUT2D eigenvalue weighted by atomic mass is 16.2. The van der Waals surface area contributed by atoms with E-state index in [1.165, 1.54) is 6.20 Å². The summed E-state index contributed by atoms with van der Waals surface area (Å²) in [4.78, 5) is 28.2. The Bertz CT molecular complexity index is 876. The van der Waals surface area contributed by atoms with Crippen molar-refractivity contribution in [2.24, 2.45) is 5.73 Å². The molecule has 9 nitrogen and oxygen atoms in total. The Morgan fingerprint density at radius 3 is 2.75 bits per heavy atom. The van der Waals surface area contributed by atoms with Crippen molar-refractivity contribution < 1.29 is 9.59 Å². The van der Waals surface area contributed by atoms with Crippen LogP contribution in [-0.4, -0.2) is 37.0 Å². The molecule has 0 spiro atoms. The van der Waals surface area contributed by atoms with Crippen LogP contribution in [0.5, 0.6) is 0 Å². The second-order valence-corrected chi connectivity index (χ2v) is 4.85. The van der Waals surface area contributed by atoms with Crippen molar-refractivity contribution in [3.05, 3.63) is 54.4 Å². The minimum Gasteiger partial charge on any atom is -0.368 e. The molecule has 0 aliphatic heterocycles. The molecule has 0 aliphatic carbocycles. The zero-order valence-corrected chi connectivity index (χ0v) is 12.5. The van der Waals surface area contributed by atoms with E-state index >= 15 is 0 Å². The number of amides is 2. The van der Waals surface area contributed by atoms with Gasteiger partial charge in [0, 0.05) is 18.0 Å². The molecular formula is C15H13N7O2. The molecule has 0 saturated heterocycles. The molecule has 3 N–H and O–H groups in total. The van der Waals surface area contributed by atoms with Gasteiger partial charge in [-0.15, -0.1) is 10.2 Å². The summed E-state index contributed by atoms with van der Waals surface area (Å²) >= 11 is 0. The van der Waals surface area contributed by atoms with Gasteiger partial charge in [0.05, 0.1) is 11.3 Å². The molecule has 1 aromatic carbocycles. The first-order valence-corrected chi connectivity index (χ1v) is 7.00. The number of rotatable bonds is 5. The molecular weight excluding hydrogens is 310 g/mol. The van der Waals surface area contributed by atoms with Crippen molar-refractivity contribution in [3.8, 4) is 11.4 Å². The van der Waals surface area contributed by atoms with Crippen LogP contribution < -0.4 is 11.1 Å². The highest BCUT2D eigenvalue weighted by Gasteiger charge is 2.14. The number of hydrogen-bond donors (Lipinski definition) is 2. The normalized spacial score (nSPS) is 10.3. The first-order valence-electron chi connectivity index (χ1n) is 7.00. The van der Waals surface area contributed by atoms with Gasteiger partial charge < -0.3 is 11.1 Å². The molecule has 9 heteroatoms. The number of benzene rings is 1. The second-order valence-electron chi connectivity index (χ2n) is 4.85. The van der Waals surface area contributed by atoms with Crippen molar-refractivity contribution in [3.63, 3.8) is 0 Å². The zero-order chi connectivity index (χ0) is 16.9. The van der Waals surface area contributed by atoms with Crippen LogP contribution in [0.15, 0.2) is 48.8 Å². The van der Waals surface area contributed by atoms with Crippen molar-refractivity contribution in [2.45, 2.75) is 6.54 Å². The highest BCUT2D eigenvalue weighted by Crippen LogP contribution is 2.24. The second kappa shape index (κ2) is 6.65. The van der Waals surface area contributed by atoms with Gasteiger partial charge in [0.2, 0.25) is 11.7 Å². The lowest BCUT2D eigenvalue weighted by molar-refractivity contribution is -0.118. The molecule has 3 rings (SSSR count). The summed E-state index contributed by atoms with van der Waals surface area (Å²) in [5, 5.41) is 14.5. The van der Waals surface area contributed by atoms with E-state index in [1.807, 2.05) is 0 Å². The average Bonchev–Trinajstić information content (AvgIpc) is 3.03. The van der Waals surface area contributed by atoms with Crippen LogP contribution in [0.4, 0.5) is 5.69 Å². The number of para-hydroxylation sites is 1. The molecule has 0 bridgehead atoms. The van der Waals surface area contributed by atoms with E-state index in [4.69, 9.17) is 5.73 Å². The first kappa shape index (κ1) is 15.3. The maximum Gasteiger partial charge on any atom is 0.257 e. The molecule has 3 aromatic rings. The van der Waals surface area contributed by atoms with E-state index in [2.05, 4.69) is 25.7 Å². The Kier molecular flexibility index (Phi) is 4.23. The van der Waals surface area contributed by atoms with E-state index < -0.39 is 5.91 Å². The standard InChI is InChI=1S/C15H13N7O2/c16-13(23)9-22-20-14(19-21-22)11-5-1-2-6-12(11)18-15(24)10-4-3-7-17-8-10/h1-8H,9H2,(H2,16,23)(H,18,24). The molecule has 0 fully saturated rings. The summed E-state index contributed by atoms with van der Waals surface area (Å²) in [5.74, 6) is -0.601. The Hall–Kier alpha value is -3.62. The van der Waals surface area contributed by atoms with Gasteiger partial charge in [-0.2, -0.15) is 4.80 Å². The summed E-state index contributed by atoms with van der Waals surface area (Å²) in [6.07, 6.45) is 3.06. The van der Waals surface area contributed by atoms with Gasteiger partial charge in [-0.05, 0) is 29.5 Å². The molecule has 0 atom stereocenters. The quantitative estimate of drug-likeness (QED) is 0.702. The first-order chi connectivity index (χ1) is 11.6. The fourth-order valence-electron chi connectivity index (χ4n) is 2.04. The Balaban J connectivity index is 1.87. The van der Waals surface area contributed by atoms with E-state index in [1.54, 1.807) is 42.6 Å². The molecule has 2 heterocycles. The molecule has 0 saturated carbocycles. The number of nitrogens with one attached hydrogen (secondary N) is 1. The number of tetrazole rings is 1. The van der Waals surface area contributed by atoms with Gasteiger partial charge in [-0.1, -0.05) is 12.1 Å². The molecule has 24 heavy (non-hydrogen) atoms. The minimum absolute atomic E-state index is 0.169. The third kappa shape index (κ3) is 3.40. The van der Waals surface area contributed by atoms with Crippen LogP contribution >= 0.6 is 0 Å². The SMILES string of the molecule is NC(=O)Cn1nnc(-c2ccccc2NC(=O)c2cccnc2)n1. The monoisotopic (exact) mass is 323 g/mol. The Morgan fingerprint density at radius 1 is 1.17 bits per heavy atom. The summed E-state index contributed by atoms with van der Waals surface area (Å²) in [6, 6.07) is 10.4. The molecule has 0 aliphatic rings. The van der Waals surface area contributed by atoms with Gasteiger partial charge >= 0.3 is 0 Å². The number of carbonyl (C=O) groups is 2. The van der Waals surface area contributed by atoms with Crippen LogP contribution in [-0.2, 0) is 11.3 Å². The number of anilines is 1. The number of hydrogen-bond acceptors (Lipinski definition) is 6. The van der Waals surface area contributed by atoms with E-state index in [0.29, 0.717) is 16.8 Å². The highest BCUT2D eigenvalue weighted by molar-refractivity contribution is 6.05. The molecule has 0 unspecified atom stereocenters. The summed E-state index contributed by atoms with van der Waals surface area (Å²) in [6.45, 7) is -0.169. The van der Waals surface area contributed by atoms with E-state index in [0.717, 1.165) is 4.80 Å². The summed E-state index contributed by atoms with van der Waals surface area (Å²) in [7, 11) is 0. The van der Waals surface area contributed by atoms with E-state index in [9.17, 15) is 9.59 Å². The van der Waals surface area contributed by atoms with Gasteiger partial charge in [-0.25, -0.2) is 0 Å². The number of carbonyl (C=O) groups excluding carboxylic acids is 2. The van der Waals surface area contributed by atoms with Crippen molar-refractivity contribution in [1.29, 1.82) is 0 Å². The minimum atomic E-state index is -0.572. The van der Waals surface area contributed by atoms with Crippen LogP contribution in [0, 0.1) is 0 Å². The number of nitrogens with two attached hydrogens (primary N) is 1. The van der Waals surface area contributed by atoms with Crippen molar-refractivity contribution >= 4 is 17.5 Å². The Labute approximate surface area is 136 Å². The fourth-order valence-corrected chi connectivity index (χ4v) is 2.04. The smallest absolute Gasteiger partial charge is 0.257 e. The number of nitrogens with zero attached hydrogens (tertiary/aromatic N) is 5. The summed E-state index contributed by atoms with van der Waals surface area (Å²) in [5.41, 5.74) is 6.62. The molecule has 0 radical (unpaired) electrons. The number of primary amides is 1. The number of pyridine rings is 1. The van der Waals surface area contributed by atoms with Crippen LogP contribution in [0.2, 0.25) is 0 Å². The topological polar surface area (TPSA) is 129 Å². The van der Waals surface area contributed by atoms with Crippen LogP contribution in [0.25, 0.3) is 11.4 Å². The van der Waals surface area contributed by atoms with Gasteiger partial charge in [0.15, 0.2) is 0 Å². The lowest BCUT2D eigenvalue weighted by Gasteiger charge is -2.08. The average molecular weight is 323 g/mol. The maximum atomic E-state index is 12.3. The lowest BCUT2D eigenvalue weighted by atomic mass is 10.1. The van der Waals surface area contributed by atoms with Gasteiger partial charge in [0.25, 0.3) is 5.91 Å². The van der Waals surface area contributed by atoms with Crippen molar-refractivity contribution in [2.75, 3.05) is 5.32 Å². The zero-order valence-electron chi connectivity index (χ0n) is 12.5. The van der Waals surface area contributed by atoms with Crippen LogP contribution in [0.1, 0.15) is 10.4 Å². The number of aromatic nitrogens is 5. The van der Waals surface area contributed by atoms with Crippen molar-refractivity contribution in [1.82, 2.24) is 25.2 Å². The largest absolute Gasteiger partial charge is 0.368 e. The third-order valence-corrected chi connectivity index (χ3v) is 3.09. The lowest BCUT2D eigenvalue weighted by Crippen LogP contribution is -2.20. The third-order valence-electron chi connectivity index (χ3n) is 3.09. The molecule has 2 aromatic heterocycles. The fraction of sp³-hybridized carbons (Fsp3) is 0.0667. The predicted octanol–water partition coefficient (Wildman–Crippen LogP) is 0.473. The molecule has 120 valence electrons. The van der Waals surface area contributed by atoms with Crippen LogP contribution in [0.3, 0.4) is 0 Å². The maximum absolute atomic E-state index is 12.3. The Morgan fingerprint density at radius 2 is 2.00 bits per heavy atom. The van der Waals surface area contributed by atoms with Gasteiger partial charge in [0.1, 0.15) is 6.54 Å². The molecule has 2 amide bonds. The predicted molar refractivity (Wildman–Crippen MR) is 84.6 cm³/mol. The summed E-state index contributed by atoms with van der Waals surface area (Å²) < 4.78 is 0. The van der Waals surface area contributed by atoms with E-state index in [-0.39, 0.29) is 18.3 Å².